The minimum atomic E-state index is -4.98. The molecule has 0 aliphatic heterocycles. The third kappa shape index (κ3) is 5.15. The quantitative estimate of drug-likeness (QED) is 0.218. The molecule has 0 amide bonds. The second kappa shape index (κ2) is 10.2. The molecule has 1 atom stereocenters. The molecule has 0 fully saturated rings. The lowest BCUT2D eigenvalue weighted by Crippen LogP contribution is -2.42. The first-order valence-corrected chi connectivity index (χ1v) is 14.5. The maximum Gasteiger partial charge on any atom is 0.434 e. The van der Waals surface area contributed by atoms with Crippen LogP contribution in [0.3, 0.4) is 0 Å². The van der Waals surface area contributed by atoms with E-state index in [4.69, 9.17) is 11.6 Å². The molecule has 0 spiro atoms. The Kier molecular flexibility index (Phi) is 7.17. The number of aromatic nitrogens is 4. The molecule has 220 valence electrons. The molecule has 5 rings (SSSR count). The molecule has 42 heavy (non-hydrogen) atoms. The summed E-state index contributed by atoms with van der Waals surface area (Å²) in [6, 6.07) is 14.1. The number of benzene rings is 2. The van der Waals surface area contributed by atoms with Crippen LogP contribution in [-0.2, 0) is 26.9 Å². The molecule has 2 aromatic heterocycles. The van der Waals surface area contributed by atoms with E-state index in [1.807, 2.05) is 0 Å². The van der Waals surface area contributed by atoms with Crippen molar-refractivity contribution in [2.45, 2.75) is 30.4 Å². The van der Waals surface area contributed by atoms with E-state index in [-0.39, 0.29) is 22.2 Å². The molecule has 14 heteroatoms. The van der Waals surface area contributed by atoms with Gasteiger partial charge in [-0.25, -0.2) is 18.4 Å². The third-order valence-electron chi connectivity index (χ3n) is 6.97. The van der Waals surface area contributed by atoms with E-state index in [1.165, 1.54) is 43.3 Å². The maximum absolute atomic E-state index is 14.1. The van der Waals surface area contributed by atoms with Gasteiger partial charge in [0.2, 0.25) is 0 Å². The Morgan fingerprint density at radius 3 is 1.95 bits per heavy atom. The van der Waals surface area contributed by atoms with Crippen LogP contribution in [0.25, 0.3) is 17.0 Å². The monoisotopic (exact) mass is 626 g/mol. The van der Waals surface area contributed by atoms with Gasteiger partial charge in [-0.2, -0.15) is 26.3 Å². The largest absolute Gasteiger partial charge is 0.434 e. The Hall–Kier alpha value is -3.84. The predicted molar refractivity (Wildman–Crippen MR) is 145 cm³/mol. The number of allylic oxidation sites excluding steroid dienone is 3. The highest BCUT2D eigenvalue weighted by Crippen LogP contribution is 2.51. The van der Waals surface area contributed by atoms with Crippen molar-refractivity contribution in [1.82, 2.24) is 19.1 Å². The van der Waals surface area contributed by atoms with Crippen LogP contribution in [0, 0.1) is 6.92 Å². The van der Waals surface area contributed by atoms with Crippen molar-refractivity contribution in [3.05, 3.63) is 113 Å². The van der Waals surface area contributed by atoms with Gasteiger partial charge in [0.15, 0.2) is 26.0 Å². The zero-order chi connectivity index (χ0) is 30.7. The van der Waals surface area contributed by atoms with E-state index in [0.717, 1.165) is 15.4 Å². The Morgan fingerprint density at radius 1 is 0.833 bits per heavy atom. The summed E-state index contributed by atoms with van der Waals surface area (Å²) in [5, 5.41) is 0.274. The van der Waals surface area contributed by atoms with Gasteiger partial charge in [0.25, 0.3) is 0 Å². The van der Waals surface area contributed by atoms with Crippen LogP contribution in [0.4, 0.5) is 26.3 Å². The van der Waals surface area contributed by atoms with E-state index < -0.39 is 50.6 Å². The van der Waals surface area contributed by atoms with Gasteiger partial charge in [-0.15, -0.1) is 0 Å². The molecule has 1 aliphatic carbocycles. The summed E-state index contributed by atoms with van der Waals surface area (Å²) >= 11 is 5.99. The molecule has 2 heterocycles. The van der Waals surface area contributed by atoms with Gasteiger partial charge in [0.1, 0.15) is 11.6 Å². The summed E-state index contributed by atoms with van der Waals surface area (Å²) in [7, 11) is -4.51. The fourth-order valence-electron chi connectivity index (χ4n) is 4.99. The molecule has 4 aromatic rings. The average Bonchev–Trinajstić information content (AvgIpc) is 3.53. The van der Waals surface area contributed by atoms with E-state index in [1.54, 1.807) is 30.3 Å². The first kappa shape index (κ1) is 29.6. The fourth-order valence-corrected chi connectivity index (χ4v) is 6.56. The van der Waals surface area contributed by atoms with Crippen LogP contribution >= 0.6 is 11.6 Å². The van der Waals surface area contributed by atoms with Crippen molar-refractivity contribution in [1.29, 1.82) is 0 Å². The molecule has 0 saturated heterocycles. The van der Waals surface area contributed by atoms with Crippen LogP contribution in [0.1, 0.15) is 35.0 Å². The molecule has 1 aliphatic rings. The van der Waals surface area contributed by atoms with E-state index in [9.17, 15) is 34.8 Å². The first-order chi connectivity index (χ1) is 19.5. The minimum Gasteiger partial charge on any atom is -0.305 e. The number of halogens is 7. The standard InChI is InChI=1S/C28H21ClF6N4O2S/c1-17-36-22(27(30,31)32)15-38(17)24-13-8-19(18-6-4-3-5-7-18)14-26(24,42(2,40)41)25-37-23(28(33,34)35)16-39(25)21-11-9-20(29)10-12-21/h3-13,15-16H,14H2,1-2H3. The zero-order valence-corrected chi connectivity index (χ0v) is 23.4. The SMILES string of the molecule is Cc1nc(C(F)(F)F)cn1C1=CC=C(c2ccccc2)CC1(c1nc(C(F)(F)F)cn1-c1ccc(Cl)cc1)S(C)(=O)=O. The highest BCUT2D eigenvalue weighted by molar-refractivity contribution is 7.92. The lowest BCUT2D eigenvalue weighted by atomic mass is 9.85. The Balaban J connectivity index is 1.89. The van der Waals surface area contributed by atoms with Crippen LogP contribution < -0.4 is 0 Å². The van der Waals surface area contributed by atoms with Gasteiger partial charge < -0.3 is 9.13 Å². The summed E-state index contributed by atoms with van der Waals surface area (Å²) in [5.74, 6) is -0.784. The zero-order valence-electron chi connectivity index (χ0n) is 21.9. The Bertz CT molecular complexity index is 1820. The van der Waals surface area contributed by atoms with Crippen LogP contribution in [-0.4, -0.2) is 33.8 Å². The van der Waals surface area contributed by atoms with Crippen LogP contribution in [0.5, 0.6) is 0 Å². The Morgan fingerprint density at radius 2 is 1.40 bits per heavy atom. The van der Waals surface area contributed by atoms with E-state index in [2.05, 4.69) is 9.97 Å². The van der Waals surface area contributed by atoms with Gasteiger partial charge in [0.05, 0.1) is 5.70 Å². The number of rotatable bonds is 5. The fraction of sp³-hybridized carbons (Fsp3) is 0.214. The molecule has 1 unspecified atom stereocenters. The predicted octanol–water partition coefficient (Wildman–Crippen LogP) is 7.34. The molecule has 0 bridgehead atoms. The van der Waals surface area contributed by atoms with E-state index >= 15 is 0 Å². The number of aryl methyl sites for hydroxylation is 1. The van der Waals surface area contributed by atoms with Gasteiger partial charge in [-0.3, -0.25) is 0 Å². The molecule has 0 N–H and O–H groups in total. The molecule has 2 aromatic carbocycles. The second-order valence-corrected chi connectivity index (χ2v) is 12.4. The van der Waals surface area contributed by atoms with Gasteiger partial charge in [0, 0.05) is 35.8 Å². The Labute approximate surface area is 241 Å². The van der Waals surface area contributed by atoms with Crippen molar-refractivity contribution < 1.29 is 34.8 Å². The summed E-state index contributed by atoms with van der Waals surface area (Å²) in [5.41, 5.74) is -1.85. The number of sulfone groups is 1. The molecule has 0 radical (unpaired) electrons. The molecular weight excluding hydrogens is 606 g/mol. The van der Waals surface area contributed by atoms with Gasteiger partial charge in [-0.05, 0) is 48.4 Å². The third-order valence-corrected chi connectivity index (χ3v) is 9.02. The van der Waals surface area contributed by atoms with E-state index in [0.29, 0.717) is 23.5 Å². The highest BCUT2D eigenvalue weighted by Gasteiger charge is 2.54. The minimum absolute atomic E-state index is 0.105. The highest BCUT2D eigenvalue weighted by atomic mass is 35.5. The van der Waals surface area contributed by atoms with Gasteiger partial charge >= 0.3 is 12.4 Å². The normalized spacial score (nSPS) is 18.1. The van der Waals surface area contributed by atoms with Crippen molar-refractivity contribution in [2.75, 3.05) is 6.26 Å². The number of alkyl halides is 6. The van der Waals surface area contributed by atoms with Crippen molar-refractivity contribution >= 4 is 32.7 Å². The van der Waals surface area contributed by atoms with Crippen molar-refractivity contribution in [2.24, 2.45) is 0 Å². The topological polar surface area (TPSA) is 69.8 Å². The number of nitrogens with zero attached hydrogens (tertiary/aromatic N) is 4. The number of hydrogen-bond acceptors (Lipinski definition) is 4. The lowest BCUT2D eigenvalue weighted by Gasteiger charge is -2.38. The number of imidazole rings is 2. The van der Waals surface area contributed by atoms with Gasteiger partial charge in [-0.1, -0.05) is 48.0 Å². The summed E-state index contributed by atoms with van der Waals surface area (Å²) in [6.45, 7) is 1.24. The first-order valence-electron chi connectivity index (χ1n) is 12.3. The number of hydrogen-bond donors (Lipinski definition) is 0. The summed E-state index contributed by atoms with van der Waals surface area (Å²) < 4.78 is 111. The van der Waals surface area contributed by atoms with Crippen molar-refractivity contribution in [3.8, 4) is 5.69 Å². The summed E-state index contributed by atoms with van der Waals surface area (Å²) in [6.07, 6.45) is -5.36. The summed E-state index contributed by atoms with van der Waals surface area (Å²) in [4.78, 5) is 7.40. The van der Waals surface area contributed by atoms with Crippen molar-refractivity contribution in [3.63, 3.8) is 0 Å². The van der Waals surface area contributed by atoms with Crippen LogP contribution in [0.15, 0.2) is 79.1 Å². The molecule has 6 nitrogen and oxygen atoms in total. The molecular formula is C28H21ClF6N4O2S. The average molecular weight is 627 g/mol. The van der Waals surface area contributed by atoms with Crippen LogP contribution in [0.2, 0.25) is 5.02 Å². The maximum atomic E-state index is 14.1. The molecule has 0 saturated carbocycles. The second-order valence-electron chi connectivity index (χ2n) is 9.72. The lowest BCUT2D eigenvalue weighted by molar-refractivity contribution is -0.141. The smallest absolute Gasteiger partial charge is 0.305 e.